The Bertz CT molecular complexity index is 1120. The van der Waals surface area contributed by atoms with E-state index < -0.39 is 5.60 Å². The van der Waals surface area contributed by atoms with Crippen LogP contribution in [0.5, 0.6) is 0 Å². The Hall–Kier alpha value is -2.92. The van der Waals surface area contributed by atoms with Gasteiger partial charge in [-0.3, -0.25) is 9.79 Å². The number of rotatable bonds is 7. The van der Waals surface area contributed by atoms with Gasteiger partial charge >= 0.3 is 6.09 Å². The number of carbonyl (C=O) groups excluding carboxylic acids is 2. The molecule has 1 aliphatic rings. The van der Waals surface area contributed by atoms with Gasteiger partial charge in [-0.15, -0.1) is 23.1 Å². The molecule has 1 fully saturated rings. The first-order valence-corrected chi connectivity index (χ1v) is 13.6. The van der Waals surface area contributed by atoms with Crippen LogP contribution in [-0.2, 0) is 4.74 Å². The molecule has 0 bridgehead atoms. The van der Waals surface area contributed by atoms with Crippen molar-refractivity contribution in [2.24, 2.45) is 4.99 Å². The Morgan fingerprint density at radius 3 is 2.64 bits per heavy atom. The van der Waals surface area contributed by atoms with Crippen LogP contribution in [-0.4, -0.2) is 75.6 Å². The predicted molar refractivity (Wildman–Crippen MR) is 148 cm³/mol. The minimum absolute atomic E-state index is 0.0982. The second kappa shape index (κ2) is 11.9. The number of piperazine rings is 1. The fourth-order valence-electron chi connectivity index (χ4n) is 3.71. The van der Waals surface area contributed by atoms with E-state index in [1.54, 1.807) is 51.2 Å². The maximum Gasteiger partial charge on any atom is 0.410 e. The molecule has 194 valence electrons. The third-order valence-corrected chi connectivity index (χ3v) is 7.19. The maximum atomic E-state index is 13.0. The van der Waals surface area contributed by atoms with Crippen LogP contribution in [0.25, 0.3) is 5.70 Å². The summed E-state index contributed by atoms with van der Waals surface area (Å²) in [5, 5.41) is 6.19. The van der Waals surface area contributed by atoms with Crippen molar-refractivity contribution in [2.45, 2.75) is 53.2 Å². The van der Waals surface area contributed by atoms with E-state index in [2.05, 4.69) is 27.0 Å². The molecular weight excluding hydrogens is 496 g/mol. The molecule has 1 saturated heterocycles. The third-order valence-electron chi connectivity index (χ3n) is 5.39. The average Bonchev–Trinajstić information content (AvgIpc) is 3.15. The van der Waals surface area contributed by atoms with E-state index in [0.717, 1.165) is 21.3 Å². The van der Waals surface area contributed by atoms with Gasteiger partial charge in [-0.1, -0.05) is 0 Å². The number of hydrogen-bond donors (Lipinski definition) is 1. The molecule has 1 unspecified atom stereocenters. The zero-order valence-corrected chi connectivity index (χ0v) is 23.3. The lowest BCUT2D eigenvalue weighted by atomic mass is 10.1. The van der Waals surface area contributed by atoms with Gasteiger partial charge in [0.2, 0.25) is 0 Å². The zero-order chi connectivity index (χ0) is 26.5. The van der Waals surface area contributed by atoms with E-state index in [9.17, 15) is 9.59 Å². The number of carbonyl (C=O) groups is 2. The number of thioether (sulfide) groups is 1. The van der Waals surface area contributed by atoms with E-state index >= 15 is 0 Å². The lowest BCUT2D eigenvalue weighted by Crippen LogP contribution is -2.56. The molecule has 3 heterocycles. The predicted octanol–water partition coefficient (Wildman–Crippen LogP) is 5.04. The smallest absolute Gasteiger partial charge is 0.410 e. The zero-order valence-electron chi connectivity index (χ0n) is 21.7. The van der Waals surface area contributed by atoms with Crippen molar-refractivity contribution < 1.29 is 14.3 Å². The number of pyridine rings is 1. The summed E-state index contributed by atoms with van der Waals surface area (Å²) in [6, 6.07) is 3.42. The number of thiazole rings is 1. The number of aliphatic imine (C=N–C) groups is 1. The van der Waals surface area contributed by atoms with Crippen LogP contribution < -0.4 is 5.32 Å². The van der Waals surface area contributed by atoms with Crippen LogP contribution in [0.3, 0.4) is 0 Å². The molecule has 2 aromatic rings. The lowest BCUT2D eigenvalue weighted by molar-refractivity contribution is 0.00198. The first-order chi connectivity index (χ1) is 17.0. The normalized spacial score (nSPS) is 16.6. The summed E-state index contributed by atoms with van der Waals surface area (Å²) in [5.41, 5.74) is 1.72. The molecule has 0 saturated carbocycles. The molecule has 0 aromatic carbocycles. The Morgan fingerprint density at radius 2 is 2.08 bits per heavy atom. The molecule has 36 heavy (non-hydrogen) atoms. The van der Waals surface area contributed by atoms with Gasteiger partial charge in [0, 0.05) is 31.9 Å². The number of ether oxygens (including phenoxy) is 1. The molecule has 11 heteroatoms. The number of nitrogens with zero attached hydrogens (tertiary/aromatic N) is 5. The monoisotopic (exact) mass is 530 g/mol. The molecular formula is C25H34N6O3S2. The summed E-state index contributed by atoms with van der Waals surface area (Å²) < 4.78 is 5.48. The fourth-order valence-corrected chi connectivity index (χ4v) is 5.35. The highest BCUT2D eigenvalue weighted by Gasteiger charge is 2.32. The van der Waals surface area contributed by atoms with Crippen molar-refractivity contribution in [1.82, 2.24) is 19.8 Å². The standard InChI is InChI=1S/C25H34N6O3S2/c1-16-13-30(10-11-31(16)24(33)34-25(4,5)6)23(32)19-8-9-21(27-12-19)28-15-35-14-20(26-7)22-17(2)29-18(3)36-22/h8-9,12,14,16H,7,10-11,13,15H2,1-6H3,(H,27,28)/b20-14-. The van der Waals surface area contributed by atoms with Crippen molar-refractivity contribution in [3.8, 4) is 0 Å². The van der Waals surface area contributed by atoms with Crippen LogP contribution in [0.1, 0.15) is 53.6 Å². The Kier molecular flexibility index (Phi) is 9.13. The summed E-state index contributed by atoms with van der Waals surface area (Å²) in [7, 11) is 0. The van der Waals surface area contributed by atoms with Gasteiger partial charge < -0.3 is 19.9 Å². The van der Waals surface area contributed by atoms with Crippen LogP contribution >= 0.6 is 23.1 Å². The average molecular weight is 531 g/mol. The van der Waals surface area contributed by atoms with Crippen molar-refractivity contribution in [3.05, 3.63) is 44.9 Å². The van der Waals surface area contributed by atoms with Gasteiger partial charge in [0.05, 0.1) is 32.7 Å². The second-order valence-electron chi connectivity index (χ2n) is 9.50. The summed E-state index contributed by atoms with van der Waals surface area (Å²) in [5.74, 6) is 1.16. The molecule has 0 radical (unpaired) electrons. The van der Waals surface area contributed by atoms with Gasteiger partial charge in [-0.05, 0) is 65.8 Å². The molecule has 1 atom stereocenters. The van der Waals surface area contributed by atoms with E-state index in [0.29, 0.717) is 36.9 Å². The first-order valence-electron chi connectivity index (χ1n) is 11.7. The highest BCUT2D eigenvalue weighted by molar-refractivity contribution is 8.02. The molecule has 9 nitrogen and oxygen atoms in total. The number of nitrogens with one attached hydrogen (secondary N) is 1. The Morgan fingerprint density at radius 1 is 1.33 bits per heavy atom. The number of hydrogen-bond acceptors (Lipinski definition) is 9. The summed E-state index contributed by atoms with van der Waals surface area (Å²) >= 11 is 3.15. The first kappa shape index (κ1) is 27.7. The van der Waals surface area contributed by atoms with Crippen LogP contribution in [0.2, 0.25) is 0 Å². The number of anilines is 1. The largest absolute Gasteiger partial charge is 0.444 e. The number of amides is 2. The van der Waals surface area contributed by atoms with Gasteiger partial charge in [-0.2, -0.15) is 0 Å². The lowest BCUT2D eigenvalue weighted by Gasteiger charge is -2.40. The van der Waals surface area contributed by atoms with Crippen molar-refractivity contribution in [1.29, 1.82) is 0 Å². The number of aryl methyl sites for hydroxylation is 2. The Balaban J connectivity index is 1.51. The SMILES string of the molecule is C=N/C(=C\SCNc1ccc(C(=O)N2CCN(C(=O)OC(C)(C)C)C(C)C2)cn1)c1sc(C)nc1C. The highest BCUT2D eigenvalue weighted by atomic mass is 32.2. The quantitative estimate of drug-likeness (QED) is 0.304. The summed E-state index contributed by atoms with van der Waals surface area (Å²) in [4.78, 5) is 42.8. The van der Waals surface area contributed by atoms with Gasteiger partial charge in [0.15, 0.2) is 0 Å². The Labute approximate surface area is 221 Å². The molecule has 0 aliphatic carbocycles. The van der Waals surface area contributed by atoms with Gasteiger partial charge in [0.25, 0.3) is 5.91 Å². The third kappa shape index (κ3) is 7.30. The highest BCUT2D eigenvalue weighted by Crippen LogP contribution is 2.28. The molecule has 0 spiro atoms. The topological polar surface area (TPSA) is 100 Å². The maximum absolute atomic E-state index is 13.0. The van der Waals surface area contributed by atoms with E-state index in [4.69, 9.17) is 4.74 Å². The van der Waals surface area contributed by atoms with Crippen molar-refractivity contribution in [3.63, 3.8) is 0 Å². The molecule has 1 aliphatic heterocycles. The molecule has 1 N–H and O–H groups in total. The summed E-state index contributed by atoms with van der Waals surface area (Å²) in [6.45, 7) is 16.4. The van der Waals surface area contributed by atoms with Crippen LogP contribution in [0.15, 0.2) is 28.7 Å². The molecule has 3 rings (SSSR count). The van der Waals surface area contributed by atoms with E-state index in [1.165, 1.54) is 0 Å². The van der Waals surface area contributed by atoms with Gasteiger partial charge in [-0.25, -0.2) is 14.8 Å². The second-order valence-corrected chi connectivity index (χ2v) is 11.6. The van der Waals surface area contributed by atoms with Crippen LogP contribution in [0.4, 0.5) is 10.6 Å². The molecule has 2 aromatic heterocycles. The van der Waals surface area contributed by atoms with Crippen LogP contribution in [0, 0.1) is 13.8 Å². The van der Waals surface area contributed by atoms with Gasteiger partial charge in [0.1, 0.15) is 11.4 Å². The van der Waals surface area contributed by atoms with Crippen molar-refractivity contribution in [2.75, 3.05) is 30.8 Å². The minimum Gasteiger partial charge on any atom is -0.444 e. The minimum atomic E-state index is -0.551. The fraction of sp³-hybridized carbons (Fsp3) is 0.480. The van der Waals surface area contributed by atoms with E-state index in [1.807, 2.05) is 47.0 Å². The van der Waals surface area contributed by atoms with Crippen molar-refractivity contribution >= 4 is 53.3 Å². The summed E-state index contributed by atoms with van der Waals surface area (Å²) in [6.07, 6.45) is 1.23. The molecule has 2 amide bonds. The number of aromatic nitrogens is 2. The van der Waals surface area contributed by atoms with E-state index in [-0.39, 0.29) is 18.0 Å².